The molecule has 0 aromatic heterocycles. The van der Waals surface area contributed by atoms with E-state index in [1.165, 1.54) is 7.11 Å². The molecule has 0 bridgehead atoms. The maximum Gasteiger partial charge on any atom is 0.327 e. The fourth-order valence-corrected chi connectivity index (χ4v) is 2.04. The van der Waals surface area contributed by atoms with Gasteiger partial charge in [-0.25, -0.2) is 0 Å². The summed E-state index contributed by atoms with van der Waals surface area (Å²) >= 11 is 0. The third kappa shape index (κ3) is 4.94. The molecule has 0 saturated carbocycles. The molecule has 0 amide bonds. The first-order valence-electron chi connectivity index (χ1n) is 5.87. The van der Waals surface area contributed by atoms with E-state index >= 15 is 0 Å². The van der Waals surface area contributed by atoms with Crippen LogP contribution < -0.4 is 5.32 Å². The molecule has 0 heterocycles. The molecule has 0 aromatic rings. The summed E-state index contributed by atoms with van der Waals surface area (Å²) in [6, 6.07) is 0. The van der Waals surface area contributed by atoms with Crippen molar-refractivity contribution in [1.29, 1.82) is 0 Å². The molecule has 0 fully saturated rings. The lowest BCUT2D eigenvalue weighted by atomic mass is 10.0. The van der Waals surface area contributed by atoms with Crippen LogP contribution in [0.4, 0.5) is 0 Å². The van der Waals surface area contributed by atoms with Crippen LogP contribution in [0.25, 0.3) is 0 Å². The molecule has 0 rings (SSSR count). The summed E-state index contributed by atoms with van der Waals surface area (Å²) in [6.07, 6.45) is 0. The minimum Gasteiger partial charge on any atom is -0.468 e. The maximum absolute atomic E-state index is 11.7. The summed E-state index contributed by atoms with van der Waals surface area (Å²) in [7, 11) is 3.46. The summed E-state index contributed by atoms with van der Waals surface area (Å²) < 4.78 is 4.85. The van der Waals surface area contributed by atoms with E-state index < -0.39 is 5.54 Å². The summed E-state index contributed by atoms with van der Waals surface area (Å²) in [5.41, 5.74) is -0.618. The SMILES string of the molecule is CCNC(C)(CN(C)CC(C)C)C(=O)OC. The van der Waals surface area contributed by atoms with Crippen LogP contribution in [0.5, 0.6) is 0 Å². The first-order chi connectivity index (χ1) is 7.35. The molecule has 0 aliphatic carbocycles. The zero-order chi connectivity index (χ0) is 12.8. The van der Waals surface area contributed by atoms with Crippen LogP contribution in [-0.4, -0.2) is 50.2 Å². The number of nitrogens with zero attached hydrogens (tertiary/aromatic N) is 1. The molecule has 4 heteroatoms. The van der Waals surface area contributed by atoms with Gasteiger partial charge < -0.3 is 15.0 Å². The Labute approximate surface area is 99.3 Å². The largest absolute Gasteiger partial charge is 0.468 e. The normalized spacial score (nSPS) is 15.2. The van der Waals surface area contributed by atoms with Crippen LogP contribution in [0, 0.1) is 5.92 Å². The minimum absolute atomic E-state index is 0.204. The van der Waals surface area contributed by atoms with E-state index in [1.807, 2.05) is 20.9 Å². The Hall–Kier alpha value is -0.610. The molecular formula is C12H26N2O2. The van der Waals surface area contributed by atoms with Gasteiger partial charge >= 0.3 is 5.97 Å². The van der Waals surface area contributed by atoms with Crippen LogP contribution in [0.15, 0.2) is 0 Å². The van der Waals surface area contributed by atoms with Crippen molar-refractivity contribution in [2.75, 3.05) is 33.8 Å². The Morgan fingerprint density at radius 1 is 1.50 bits per heavy atom. The van der Waals surface area contributed by atoms with Crippen LogP contribution in [0.2, 0.25) is 0 Å². The monoisotopic (exact) mass is 230 g/mol. The molecule has 0 aromatic carbocycles. The summed E-state index contributed by atoms with van der Waals surface area (Å²) in [5.74, 6) is 0.387. The van der Waals surface area contributed by atoms with E-state index in [0.717, 1.165) is 13.1 Å². The lowest BCUT2D eigenvalue weighted by Gasteiger charge is -2.32. The summed E-state index contributed by atoms with van der Waals surface area (Å²) in [6.45, 7) is 10.6. The number of hydrogen-bond donors (Lipinski definition) is 1. The third-order valence-electron chi connectivity index (χ3n) is 2.47. The lowest BCUT2D eigenvalue weighted by molar-refractivity contribution is -0.148. The fraction of sp³-hybridized carbons (Fsp3) is 0.917. The highest BCUT2D eigenvalue weighted by Gasteiger charge is 2.34. The van der Waals surface area contributed by atoms with Gasteiger partial charge in [0.2, 0.25) is 0 Å². The van der Waals surface area contributed by atoms with E-state index in [-0.39, 0.29) is 5.97 Å². The van der Waals surface area contributed by atoms with E-state index in [9.17, 15) is 4.79 Å². The molecular weight excluding hydrogens is 204 g/mol. The van der Waals surface area contributed by atoms with Crippen molar-refractivity contribution in [3.63, 3.8) is 0 Å². The molecule has 1 N–H and O–H groups in total. The number of esters is 1. The number of nitrogens with one attached hydrogen (secondary N) is 1. The number of rotatable bonds is 7. The predicted molar refractivity (Wildman–Crippen MR) is 66.4 cm³/mol. The van der Waals surface area contributed by atoms with E-state index in [0.29, 0.717) is 12.5 Å². The number of hydrogen-bond acceptors (Lipinski definition) is 4. The van der Waals surface area contributed by atoms with Crippen molar-refractivity contribution in [2.45, 2.75) is 33.2 Å². The van der Waals surface area contributed by atoms with Gasteiger partial charge in [0.05, 0.1) is 7.11 Å². The van der Waals surface area contributed by atoms with Crippen molar-refractivity contribution in [3.05, 3.63) is 0 Å². The lowest BCUT2D eigenvalue weighted by Crippen LogP contribution is -2.57. The number of carbonyl (C=O) groups is 1. The smallest absolute Gasteiger partial charge is 0.327 e. The van der Waals surface area contributed by atoms with Gasteiger partial charge in [0.15, 0.2) is 0 Å². The maximum atomic E-state index is 11.7. The van der Waals surface area contributed by atoms with E-state index in [4.69, 9.17) is 4.74 Å². The van der Waals surface area contributed by atoms with E-state index in [1.54, 1.807) is 0 Å². The molecule has 0 saturated heterocycles. The number of likely N-dealkylation sites (N-methyl/N-ethyl adjacent to an activating group) is 2. The van der Waals surface area contributed by atoms with Gasteiger partial charge in [-0.3, -0.25) is 4.79 Å². The molecule has 0 aliphatic heterocycles. The number of ether oxygens (including phenoxy) is 1. The molecule has 16 heavy (non-hydrogen) atoms. The zero-order valence-corrected chi connectivity index (χ0v) is 11.5. The predicted octanol–water partition coefficient (Wildman–Crippen LogP) is 1.12. The summed E-state index contributed by atoms with van der Waals surface area (Å²) in [4.78, 5) is 13.9. The van der Waals surface area contributed by atoms with Crippen LogP contribution in [0.1, 0.15) is 27.7 Å². The Balaban J connectivity index is 4.48. The fourth-order valence-electron chi connectivity index (χ4n) is 2.04. The average molecular weight is 230 g/mol. The first-order valence-corrected chi connectivity index (χ1v) is 5.87. The van der Waals surface area contributed by atoms with Gasteiger partial charge in [-0.15, -0.1) is 0 Å². The van der Waals surface area contributed by atoms with E-state index in [2.05, 4.69) is 24.1 Å². The Kier molecular flexibility index (Phi) is 6.60. The van der Waals surface area contributed by atoms with Gasteiger partial charge in [0.25, 0.3) is 0 Å². The van der Waals surface area contributed by atoms with Crippen molar-refractivity contribution in [3.8, 4) is 0 Å². The second-order valence-corrected chi connectivity index (χ2v) is 4.94. The van der Waals surface area contributed by atoms with Gasteiger partial charge in [-0.2, -0.15) is 0 Å². The van der Waals surface area contributed by atoms with Crippen LogP contribution in [-0.2, 0) is 9.53 Å². The molecule has 0 aliphatic rings. The topological polar surface area (TPSA) is 41.6 Å². The Bertz CT molecular complexity index is 219. The second-order valence-electron chi connectivity index (χ2n) is 4.94. The van der Waals surface area contributed by atoms with Crippen LogP contribution in [0.3, 0.4) is 0 Å². The van der Waals surface area contributed by atoms with Gasteiger partial charge in [-0.05, 0) is 26.4 Å². The van der Waals surface area contributed by atoms with Crippen molar-refractivity contribution in [1.82, 2.24) is 10.2 Å². The molecule has 0 spiro atoms. The highest BCUT2D eigenvalue weighted by Crippen LogP contribution is 2.09. The molecule has 0 radical (unpaired) electrons. The Morgan fingerprint density at radius 2 is 2.06 bits per heavy atom. The highest BCUT2D eigenvalue weighted by atomic mass is 16.5. The first kappa shape index (κ1) is 15.4. The van der Waals surface area contributed by atoms with Crippen molar-refractivity contribution < 1.29 is 9.53 Å². The molecule has 1 atom stereocenters. The average Bonchev–Trinajstić information content (AvgIpc) is 2.15. The number of carbonyl (C=O) groups excluding carboxylic acids is 1. The molecule has 4 nitrogen and oxygen atoms in total. The van der Waals surface area contributed by atoms with Gasteiger partial charge in [0, 0.05) is 13.1 Å². The van der Waals surface area contributed by atoms with Gasteiger partial charge in [-0.1, -0.05) is 20.8 Å². The van der Waals surface area contributed by atoms with Gasteiger partial charge in [0.1, 0.15) is 5.54 Å². The molecule has 96 valence electrons. The molecule has 1 unspecified atom stereocenters. The quantitative estimate of drug-likeness (QED) is 0.665. The minimum atomic E-state index is -0.618. The standard InChI is InChI=1S/C12H26N2O2/c1-7-13-12(4,11(15)16-6)9-14(5)8-10(2)3/h10,13H,7-9H2,1-6H3. The Morgan fingerprint density at radius 3 is 2.44 bits per heavy atom. The second kappa shape index (κ2) is 6.86. The summed E-state index contributed by atoms with van der Waals surface area (Å²) in [5, 5.41) is 3.20. The van der Waals surface area contributed by atoms with Crippen LogP contribution >= 0.6 is 0 Å². The third-order valence-corrected chi connectivity index (χ3v) is 2.47. The zero-order valence-electron chi connectivity index (χ0n) is 11.5. The number of methoxy groups -OCH3 is 1. The highest BCUT2D eigenvalue weighted by molar-refractivity contribution is 5.80. The van der Waals surface area contributed by atoms with Crippen molar-refractivity contribution >= 4 is 5.97 Å². The van der Waals surface area contributed by atoms with Crippen molar-refractivity contribution in [2.24, 2.45) is 5.92 Å².